The van der Waals surface area contributed by atoms with Crippen molar-refractivity contribution in [3.05, 3.63) is 85.2 Å². The van der Waals surface area contributed by atoms with Crippen molar-refractivity contribution in [1.29, 1.82) is 0 Å². The van der Waals surface area contributed by atoms with Gasteiger partial charge in [0.2, 0.25) is 10.9 Å². The van der Waals surface area contributed by atoms with E-state index >= 15 is 0 Å². The van der Waals surface area contributed by atoms with Crippen molar-refractivity contribution in [3.8, 4) is 0 Å². The fourth-order valence-electron chi connectivity index (χ4n) is 4.56. The Morgan fingerprint density at radius 3 is 2.37 bits per heavy atom. The van der Waals surface area contributed by atoms with Gasteiger partial charge >= 0.3 is 0 Å². The van der Waals surface area contributed by atoms with Crippen molar-refractivity contribution in [3.63, 3.8) is 0 Å². The molecule has 5 rings (SSSR count). The summed E-state index contributed by atoms with van der Waals surface area (Å²) in [7, 11) is 0. The number of aromatic nitrogens is 2. The van der Waals surface area contributed by atoms with E-state index in [-0.39, 0.29) is 22.5 Å². The summed E-state index contributed by atoms with van der Waals surface area (Å²) in [5, 5.41) is 10.5. The van der Waals surface area contributed by atoms with E-state index in [4.69, 9.17) is 4.42 Å². The van der Waals surface area contributed by atoms with E-state index < -0.39 is 6.04 Å². The number of anilines is 1. The number of amides is 1. The first kappa shape index (κ1) is 23.4. The Balaban J connectivity index is 1.75. The Morgan fingerprint density at radius 1 is 1.03 bits per heavy atom. The lowest BCUT2D eigenvalue weighted by Gasteiger charge is -2.24. The molecule has 0 N–H and O–H groups in total. The SMILES string of the molecule is CCCc1nnc(N2C(=O)c3oc4cc(C)c(C)cc4c(=O)c3C2c2ccc(C(C)(C)C)cc2)s1. The van der Waals surface area contributed by atoms with Crippen LogP contribution in [0.5, 0.6) is 0 Å². The first-order valence-electron chi connectivity index (χ1n) is 11.9. The quantitative estimate of drug-likeness (QED) is 0.339. The first-order valence-corrected chi connectivity index (χ1v) is 12.8. The number of hydrogen-bond donors (Lipinski definition) is 0. The van der Waals surface area contributed by atoms with Crippen LogP contribution in [0.1, 0.15) is 83.5 Å². The highest BCUT2D eigenvalue weighted by molar-refractivity contribution is 7.15. The van der Waals surface area contributed by atoms with Gasteiger partial charge in [-0.2, -0.15) is 0 Å². The minimum Gasteiger partial charge on any atom is -0.450 e. The number of carbonyl (C=O) groups is 1. The minimum absolute atomic E-state index is 0.0134. The van der Waals surface area contributed by atoms with Gasteiger partial charge in [-0.25, -0.2) is 0 Å². The second kappa shape index (κ2) is 8.41. The molecule has 180 valence electrons. The highest BCUT2D eigenvalue weighted by atomic mass is 32.1. The zero-order chi connectivity index (χ0) is 25.1. The summed E-state index contributed by atoms with van der Waals surface area (Å²) >= 11 is 1.39. The van der Waals surface area contributed by atoms with Gasteiger partial charge in [-0.15, -0.1) is 10.2 Å². The number of rotatable bonds is 4. The number of hydrogen-bond acceptors (Lipinski definition) is 6. The predicted octanol–water partition coefficient (Wildman–Crippen LogP) is 6.26. The zero-order valence-corrected chi connectivity index (χ0v) is 21.7. The van der Waals surface area contributed by atoms with E-state index in [1.807, 2.05) is 38.1 Å². The van der Waals surface area contributed by atoms with Crippen LogP contribution >= 0.6 is 11.3 Å². The van der Waals surface area contributed by atoms with Crippen LogP contribution in [0.3, 0.4) is 0 Å². The van der Waals surface area contributed by atoms with Crippen molar-refractivity contribution in [2.75, 3.05) is 4.90 Å². The van der Waals surface area contributed by atoms with Gasteiger partial charge in [0, 0.05) is 6.42 Å². The topological polar surface area (TPSA) is 76.3 Å². The summed E-state index contributed by atoms with van der Waals surface area (Å²) in [5.41, 5.74) is 4.63. The molecule has 2 aromatic heterocycles. The maximum absolute atomic E-state index is 13.9. The van der Waals surface area contributed by atoms with Crippen LogP contribution in [0.4, 0.5) is 5.13 Å². The molecular formula is C28H29N3O3S. The standard InChI is InChI=1S/C28H29N3O3S/c1-7-8-21-29-30-27(35-21)31-23(17-9-11-18(12-10-17)28(4,5)6)22-24(32)19-13-15(2)16(3)14-20(19)34-25(22)26(31)33/h9-14,23H,7-8H2,1-6H3. The largest absolute Gasteiger partial charge is 0.450 e. The van der Waals surface area contributed by atoms with Crippen molar-refractivity contribution in [2.45, 2.75) is 65.8 Å². The molecule has 0 fully saturated rings. The van der Waals surface area contributed by atoms with E-state index in [2.05, 4.69) is 50.0 Å². The lowest BCUT2D eigenvalue weighted by molar-refractivity contribution is 0.0970. The number of aryl methyl sites for hydroxylation is 3. The Labute approximate surface area is 208 Å². The van der Waals surface area contributed by atoms with E-state index in [0.29, 0.717) is 21.7 Å². The molecule has 0 saturated carbocycles. The molecule has 1 unspecified atom stereocenters. The zero-order valence-electron chi connectivity index (χ0n) is 20.9. The van der Waals surface area contributed by atoms with Gasteiger partial charge in [0.1, 0.15) is 10.6 Å². The molecule has 1 amide bonds. The fraction of sp³-hybridized carbons (Fsp3) is 0.357. The maximum Gasteiger partial charge on any atom is 0.297 e. The van der Waals surface area contributed by atoms with Crippen LogP contribution < -0.4 is 10.3 Å². The molecule has 1 atom stereocenters. The second-order valence-electron chi connectivity index (χ2n) is 10.3. The van der Waals surface area contributed by atoms with E-state index in [1.165, 1.54) is 16.9 Å². The predicted molar refractivity (Wildman–Crippen MR) is 140 cm³/mol. The normalized spacial score (nSPS) is 15.8. The summed E-state index contributed by atoms with van der Waals surface area (Å²) in [4.78, 5) is 29.2. The van der Waals surface area contributed by atoms with Crippen molar-refractivity contribution in [2.24, 2.45) is 0 Å². The van der Waals surface area contributed by atoms with Crippen LogP contribution in [0.2, 0.25) is 0 Å². The van der Waals surface area contributed by atoms with Gasteiger partial charge < -0.3 is 4.42 Å². The monoisotopic (exact) mass is 487 g/mol. The molecule has 0 radical (unpaired) electrons. The van der Waals surface area contributed by atoms with Crippen LogP contribution in [-0.4, -0.2) is 16.1 Å². The van der Waals surface area contributed by atoms with Crippen molar-refractivity contribution >= 4 is 33.3 Å². The van der Waals surface area contributed by atoms with Gasteiger partial charge in [-0.3, -0.25) is 14.5 Å². The number of nitrogens with zero attached hydrogens (tertiary/aromatic N) is 3. The average molecular weight is 488 g/mol. The van der Waals surface area contributed by atoms with Crippen LogP contribution in [-0.2, 0) is 11.8 Å². The molecule has 0 aliphatic carbocycles. The van der Waals surface area contributed by atoms with Gasteiger partial charge in [0.05, 0.1) is 17.0 Å². The fourth-order valence-corrected chi connectivity index (χ4v) is 5.53. The third-order valence-corrected chi connectivity index (χ3v) is 7.69. The summed E-state index contributed by atoms with van der Waals surface area (Å²) in [6.45, 7) is 12.5. The summed E-state index contributed by atoms with van der Waals surface area (Å²) in [6.07, 6.45) is 1.72. The molecule has 3 heterocycles. The Kier molecular flexibility index (Phi) is 5.63. The smallest absolute Gasteiger partial charge is 0.297 e. The molecule has 1 aliphatic heterocycles. The van der Waals surface area contributed by atoms with E-state index in [0.717, 1.165) is 34.5 Å². The van der Waals surface area contributed by atoms with Gasteiger partial charge in [-0.1, -0.05) is 63.3 Å². The molecule has 7 heteroatoms. The summed E-state index contributed by atoms with van der Waals surface area (Å²) in [5.74, 6) is -0.274. The van der Waals surface area contributed by atoms with Crippen molar-refractivity contribution in [1.82, 2.24) is 10.2 Å². The lowest BCUT2D eigenvalue weighted by Crippen LogP contribution is -2.29. The molecule has 0 spiro atoms. The van der Waals surface area contributed by atoms with Crippen LogP contribution in [0, 0.1) is 13.8 Å². The molecule has 4 aromatic rings. The third-order valence-electron chi connectivity index (χ3n) is 6.71. The number of carbonyl (C=O) groups excluding carboxylic acids is 1. The molecule has 2 aromatic carbocycles. The molecule has 0 bridgehead atoms. The van der Waals surface area contributed by atoms with Crippen LogP contribution in [0.15, 0.2) is 45.6 Å². The molecule has 1 aliphatic rings. The Morgan fingerprint density at radius 2 is 1.71 bits per heavy atom. The summed E-state index contributed by atoms with van der Waals surface area (Å²) in [6, 6.07) is 11.2. The molecular weight excluding hydrogens is 458 g/mol. The van der Waals surface area contributed by atoms with Crippen LogP contribution in [0.25, 0.3) is 11.0 Å². The highest BCUT2D eigenvalue weighted by Gasteiger charge is 2.45. The van der Waals surface area contributed by atoms with Gasteiger partial charge in [0.25, 0.3) is 5.91 Å². The average Bonchev–Trinajstić information content (AvgIpc) is 3.37. The Bertz CT molecular complexity index is 1510. The Hall–Kier alpha value is -3.32. The molecule has 0 saturated heterocycles. The maximum atomic E-state index is 13.9. The first-order chi connectivity index (χ1) is 16.6. The molecule has 35 heavy (non-hydrogen) atoms. The molecule has 6 nitrogen and oxygen atoms in total. The number of benzene rings is 2. The number of fused-ring (bicyclic) bond motifs is 2. The third kappa shape index (κ3) is 3.88. The van der Waals surface area contributed by atoms with E-state index in [1.54, 1.807) is 4.90 Å². The van der Waals surface area contributed by atoms with Crippen molar-refractivity contribution < 1.29 is 9.21 Å². The lowest BCUT2D eigenvalue weighted by atomic mass is 9.86. The van der Waals surface area contributed by atoms with Gasteiger partial charge in [-0.05, 0) is 60.1 Å². The minimum atomic E-state index is -0.629. The highest BCUT2D eigenvalue weighted by Crippen LogP contribution is 2.42. The second-order valence-corrected chi connectivity index (χ2v) is 11.3. The summed E-state index contributed by atoms with van der Waals surface area (Å²) < 4.78 is 6.13. The van der Waals surface area contributed by atoms with E-state index in [9.17, 15) is 9.59 Å². The van der Waals surface area contributed by atoms with Gasteiger partial charge in [0.15, 0.2) is 5.43 Å².